The highest BCUT2D eigenvalue weighted by atomic mass is 35.5. The molecule has 1 aliphatic rings. The van der Waals surface area contributed by atoms with Crippen molar-refractivity contribution in [2.75, 3.05) is 5.32 Å². The second-order valence-corrected chi connectivity index (χ2v) is 7.27. The van der Waals surface area contributed by atoms with Gasteiger partial charge in [-0.05, 0) is 24.4 Å². The van der Waals surface area contributed by atoms with Gasteiger partial charge in [0.2, 0.25) is 11.2 Å². The van der Waals surface area contributed by atoms with Gasteiger partial charge in [-0.25, -0.2) is 0 Å². The van der Waals surface area contributed by atoms with Gasteiger partial charge in [-0.2, -0.15) is 15.0 Å². The first-order valence-corrected chi connectivity index (χ1v) is 10.3. The van der Waals surface area contributed by atoms with Crippen LogP contribution in [0, 0.1) is 0 Å². The molecule has 1 aromatic heterocycles. The van der Waals surface area contributed by atoms with E-state index in [1.165, 1.54) is 38.5 Å². The summed E-state index contributed by atoms with van der Waals surface area (Å²) in [6.45, 7) is 0. The summed E-state index contributed by atoms with van der Waals surface area (Å²) < 4.78 is 0. The summed E-state index contributed by atoms with van der Waals surface area (Å²) in [7, 11) is 0. The Morgan fingerprint density at radius 1 is 0.704 bits per heavy atom. The van der Waals surface area contributed by atoms with Crippen molar-refractivity contribution in [3.8, 4) is 11.4 Å². The van der Waals surface area contributed by atoms with Crippen molar-refractivity contribution in [3.63, 3.8) is 0 Å². The molecule has 1 N–H and O–H groups in total. The number of halogens is 1. The van der Waals surface area contributed by atoms with Gasteiger partial charge in [0, 0.05) is 11.6 Å². The Labute approximate surface area is 166 Å². The molecule has 0 radical (unpaired) electrons. The van der Waals surface area contributed by atoms with Crippen LogP contribution in [0.4, 0.5) is 5.95 Å². The fourth-order valence-corrected chi connectivity index (χ4v) is 3.51. The summed E-state index contributed by atoms with van der Waals surface area (Å²) in [4.78, 5) is 13.3. The molecule has 0 unspecified atom stereocenters. The van der Waals surface area contributed by atoms with Gasteiger partial charge in [-0.3, -0.25) is 0 Å². The maximum absolute atomic E-state index is 6.21. The molecule has 4 nitrogen and oxygen atoms in total. The van der Waals surface area contributed by atoms with Crippen LogP contribution in [0.15, 0.2) is 54.6 Å². The molecule has 0 aliphatic heterocycles. The lowest BCUT2D eigenvalue weighted by molar-refractivity contribution is 0.559. The Hall–Kier alpha value is -2.20. The predicted molar refractivity (Wildman–Crippen MR) is 112 cm³/mol. The summed E-state index contributed by atoms with van der Waals surface area (Å²) in [6, 6.07) is 18.2. The Morgan fingerprint density at radius 2 is 1.26 bits per heavy atom. The number of hydrogen-bond acceptors (Lipinski definition) is 4. The van der Waals surface area contributed by atoms with E-state index in [1.807, 2.05) is 54.6 Å². The fraction of sp³-hybridized carbons (Fsp3) is 0.409. The highest BCUT2D eigenvalue weighted by molar-refractivity contribution is 6.28. The molecular formula is C22H27ClN4. The summed E-state index contributed by atoms with van der Waals surface area (Å²) in [6.07, 6.45) is 10.1. The first kappa shape index (κ1) is 19.6. The Bertz CT molecular complexity index is 745. The average Bonchev–Trinajstić information content (AvgIpc) is 2.79. The zero-order chi connectivity index (χ0) is 18.7. The van der Waals surface area contributed by atoms with Gasteiger partial charge < -0.3 is 5.32 Å². The van der Waals surface area contributed by atoms with Crippen LogP contribution in [0.25, 0.3) is 11.4 Å². The minimum atomic E-state index is 0.219. The molecule has 5 heteroatoms. The van der Waals surface area contributed by atoms with E-state index in [9.17, 15) is 0 Å². The molecule has 2 aromatic rings. The van der Waals surface area contributed by atoms with E-state index in [-0.39, 0.29) is 5.28 Å². The smallest absolute Gasteiger partial charge is 0.227 e. The summed E-state index contributed by atoms with van der Waals surface area (Å²) >= 11 is 6.21. The van der Waals surface area contributed by atoms with Crippen molar-refractivity contribution in [1.82, 2.24) is 15.0 Å². The number of anilines is 1. The van der Waals surface area contributed by atoms with Crippen LogP contribution in [0.2, 0.25) is 5.28 Å². The highest BCUT2D eigenvalue weighted by Crippen LogP contribution is 2.21. The standard InChI is InChI=1S/C22H27ClN4/c23-21-25-20(18-14-10-6-2-1-3-7-11-15-18)26-22(27-21)24-19-16-12-8-4-5-9-13-17-19/h1-3,6-7,10-11,14-15,19H,4-5,8-9,12-13,16-17H2,(H,24,25,26,27). The Morgan fingerprint density at radius 3 is 1.89 bits per heavy atom. The third kappa shape index (κ3) is 6.79. The van der Waals surface area contributed by atoms with Gasteiger partial charge in [0.25, 0.3) is 0 Å². The van der Waals surface area contributed by atoms with Gasteiger partial charge >= 0.3 is 0 Å². The average molecular weight is 383 g/mol. The normalized spacial score (nSPS) is 15.7. The lowest BCUT2D eigenvalue weighted by Crippen LogP contribution is -2.21. The molecule has 1 aromatic carbocycles. The van der Waals surface area contributed by atoms with Gasteiger partial charge in [-0.1, -0.05) is 93.1 Å². The van der Waals surface area contributed by atoms with Gasteiger partial charge in [0.15, 0.2) is 5.82 Å². The number of rotatable bonds is 3. The van der Waals surface area contributed by atoms with Crippen LogP contribution < -0.4 is 5.32 Å². The van der Waals surface area contributed by atoms with Crippen LogP contribution in [-0.2, 0) is 0 Å². The fourth-order valence-electron chi connectivity index (χ4n) is 3.35. The van der Waals surface area contributed by atoms with Crippen LogP contribution in [0.5, 0.6) is 0 Å². The van der Waals surface area contributed by atoms with E-state index < -0.39 is 0 Å². The van der Waals surface area contributed by atoms with Crippen LogP contribution in [-0.4, -0.2) is 21.0 Å². The SMILES string of the molecule is Clc1nc(NC2CCCCCCCC2)nc(-c2ccccccccc2)n1. The molecule has 0 saturated heterocycles. The van der Waals surface area contributed by atoms with Gasteiger partial charge in [0.1, 0.15) is 0 Å². The lowest BCUT2D eigenvalue weighted by atomic mass is 10.1. The molecule has 27 heavy (non-hydrogen) atoms. The third-order valence-corrected chi connectivity index (χ3v) is 4.94. The molecule has 142 valence electrons. The monoisotopic (exact) mass is 382 g/mol. The van der Waals surface area contributed by atoms with Crippen molar-refractivity contribution in [3.05, 3.63) is 59.9 Å². The van der Waals surface area contributed by atoms with Crippen molar-refractivity contribution in [1.29, 1.82) is 0 Å². The van der Waals surface area contributed by atoms with Crippen LogP contribution >= 0.6 is 11.6 Å². The van der Waals surface area contributed by atoms with Crippen molar-refractivity contribution in [2.24, 2.45) is 0 Å². The first-order valence-electron chi connectivity index (χ1n) is 9.88. The number of nitrogens with one attached hydrogen (secondary N) is 1. The molecular weight excluding hydrogens is 356 g/mol. The molecule has 1 heterocycles. The molecule has 1 aliphatic carbocycles. The van der Waals surface area contributed by atoms with E-state index in [2.05, 4.69) is 20.3 Å². The molecule has 1 fully saturated rings. The molecule has 0 amide bonds. The largest absolute Gasteiger partial charge is 0.351 e. The summed E-state index contributed by atoms with van der Waals surface area (Å²) in [5.41, 5.74) is 0.896. The lowest BCUT2D eigenvalue weighted by Gasteiger charge is -2.18. The zero-order valence-corrected chi connectivity index (χ0v) is 16.4. The number of hydrogen-bond donors (Lipinski definition) is 1. The number of aromatic nitrogens is 3. The Balaban J connectivity index is 1.83. The summed E-state index contributed by atoms with van der Waals surface area (Å²) in [5.74, 6) is 1.15. The van der Waals surface area contributed by atoms with Gasteiger partial charge in [0.05, 0.1) is 0 Å². The van der Waals surface area contributed by atoms with E-state index in [4.69, 9.17) is 11.6 Å². The maximum Gasteiger partial charge on any atom is 0.227 e. The molecule has 0 atom stereocenters. The second-order valence-electron chi connectivity index (χ2n) is 6.93. The van der Waals surface area contributed by atoms with Crippen LogP contribution in [0.3, 0.4) is 0 Å². The van der Waals surface area contributed by atoms with Gasteiger partial charge in [-0.15, -0.1) is 0 Å². The zero-order valence-electron chi connectivity index (χ0n) is 15.6. The number of nitrogens with zero attached hydrogens (tertiary/aromatic N) is 3. The summed E-state index contributed by atoms with van der Waals surface area (Å²) in [5, 5.41) is 3.72. The minimum absolute atomic E-state index is 0.219. The second kappa shape index (κ2) is 10.8. The molecule has 0 bridgehead atoms. The van der Waals surface area contributed by atoms with Crippen molar-refractivity contribution < 1.29 is 0 Å². The quantitative estimate of drug-likeness (QED) is 0.683. The molecule has 3 rings (SSSR count). The van der Waals surface area contributed by atoms with E-state index in [0.29, 0.717) is 17.8 Å². The Kier molecular flexibility index (Phi) is 7.84. The molecule has 1 saturated carbocycles. The van der Waals surface area contributed by atoms with E-state index in [0.717, 1.165) is 18.4 Å². The molecule has 0 spiro atoms. The van der Waals surface area contributed by atoms with E-state index >= 15 is 0 Å². The van der Waals surface area contributed by atoms with E-state index in [1.54, 1.807) is 0 Å². The van der Waals surface area contributed by atoms with Crippen LogP contribution in [0.1, 0.15) is 51.4 Å². The highest BCUT2D eigenvalue weighted by Gasteiger charge is 2.13. The van der Waals surface area contributed by atoms with Crippen molar-refractivity contribution >= 4 is 17.5 Å². The van der Waals surface area contributed by atoms with Crippen molar-refractivity contribution in [2.45, 2.75) is 57.4 Å². The first-order chi connectivity index (χ1) is 13.3. The predicted octanol–water partition coefficient (Wildman–Crippen LogP) is 6.23. The minimum Gasteiger partial charge on any atom is -0.351 e. The third-order valence-electron chi connectivity index (χ3n) is 4.77. The topological polar surface area (TPSA) is 50.7 Å². The maximum atomic E-state index is 6.21.